The molecule has 7 heteroatoms. The number of methoxy groups -OCH3 is 1. The SMILES string of the molecule is COC(=O)c1sccc1NC(=O)CN1CCCC(C)C1CN. The number of carbonyl (C=O) groups excluding carboxylic acids is 2. The van der Waals surface area contributed by atoms with E-state index in [2.05, 4.69) is 17.1 Å². The first kappa shape index (κ1) is 16.9. The van der Waals surface area contributed by atoms with Crippen LogP contribution >= 0.6 is 11.3 Å². The molecule has 1 amide bonds. The number of nitrogens with two attached hydrogens (primary N) is 1. The zero-order valence-electron chi connectivity index (χ0n) is 13.0. The molecule has 2 atom stereocenters. The Hall–Kier alpha value is -1.44. The van der Waals surface area contributed by atoms with Crippen LogP contribution in [-0.2, 0) is 9.53 Å². The van der Waals surface area contributed by atoms with Crippen molar-refractivity contribution in [2.24, 2.45) is 11.7 Å². The second-order valence-corrected chi connectivity index (χ2v) is 6.51. The van der Waals surface area contributed by atoms with E-state index in [1.807, 2.05) is 0 Å². The van der Waals surface area contributed by atoms with Gasteiger partial charge >= 0.3 is 5.97 Å². The summed E-state index contributed by atoms with van der Waals surface area (Å²) in [7, 11) is 1.33. The van der Waals surface area contributed by atoms with Gasteiger partial charge in [0.1, 0.15) is 4.88 Å². The van der Waals surface area contributed by atoms with Crippen LogP contribution < -0.4 is 11.1 Å². The second-order valence-electron chi connectivity index (χ2n) is 5.60. The number of nitrogens with zero attached hydrogens (tertiary/aromatic N) is 1. The van der Waals surface area contributed by atoms with Crippen molar-refractivity contribution in [2.75, 3.05) is 32.1 Å². The van der Waals surface area contributed by atoms with Gasteiger partial charge in [-0.15, -0.1) is 11.3 Å². The molecule has 0 aromatic carbocycles. The van der Waals surface area contributed by atoms with E-state index >= 15 is 0 Å². The van der Waals surface area contributed by atoms with E-state index in [1.54, 1.807) is 11.4 Å². The third kappa shape index (κ3) is 3.85. The lowest BCUT2D eigenvalue weighted by atomic mass is 9.91. The Morgan fingerprint density at radius 1 is 1.55 bits per heavy atom. The molecule has 1 aromatic rings. The van der Waals surface area contributed by atoms with E-state index < -0.39 is 5.97 Å². The lowest BCUT2D eigenvalue weighted by molar-refractivity contribution is -0.118. The van der Waals surface area contributed by atoms with Gasteiger partial charge < -0.3 is 15.8 Å². The van der Waals surface area contributed by atoms with Crippen LogP contribution in [0.2, 0.25) is 0 Å². The number of anilines is 1. The van der Waals surface area contributed by atoms with Crippen LogP contribution in [0.15, 0.2) is 11.4 Å². The molecule has 0 spiro atoms. The van der Waals surface area contributed by atoms with Crippen molar-refractivity contribution in [3.63, 3.8) is 0 Å². The van der Waals surface area contributed by atoms with Gasteiger partial charge in [0.15, 0.2) is 0 Å². The molecule has 22 heavy (non-hydrogen) atoms. The molecular weight excluding hydrogens is 302 g/mol. The number of rotatable bonds is 5. The fraction of sp³-hybridized carbons (Fsp3) is 0.600. The molecule has 3 N–H and O–H groups in total. The first-order chi connectivity index (χ1) is 10.6. The highest BCUT2D eigenvalue weighted by Crippen LogP contribution is 2.24. The largest absolute Gasteiger partial charge is 0.465 e. The van der Waals surface area contributed by atoms with Gasteiger partial charge in [-0.3, -0.25) is 9.69 Å². The fourth-order valence-electron chi connectivity index (χ4n) is 2.94. The molecule has 122 valence electrons. The van der Waals surface area contributed by atoms with E-state index in [-0.39, 0.29) is 11.9 Å². The number of amides is 1. The van der Waals surface area contributed by atoms with Crippen molar-refractivity contribution >= 4 is 28.9 Å². The van der Waals surface area contributed by atoms with Crippen LogP contribution in [0.5, 0.6) is 0 Å². The third-order valence-corrected chi connectivity index (χ3v) is 5.02. The van der Waals surface area contributed by atoms with Crippen molar-refractivity contribution in [3.8, 4) is 0 Å². The Balaban J connectivity index is 1.98. The summed E-state index contributed by atoms with van der Waals surface area (Å²) in [6.07, 6.45) is 2.23. The lowest BCUT2D eigenvalue weighted by Gasteiger charge is -2.38. The third-order valence-electron chi connectivity index (χ3n) is 4.13. The monoisotopic (exact) mass is 325 g/mol. The molecule has 1 aliphatic heterocycles. The van der Waals surface area contributed by atoms with Crippen molar-refractivity contribution in [1.82, 2.24) is 4.90 Å². The summed E-state index contributed by atoms with van der Waals surface area (Å²) in [6.45, 7) is 3.91. The number of ether oxygens (including phenoxy) is 1. The number of hydrogen-bond donors (Lipinski definition) is 2. The Kier molecular flexibility index (Phi) is 5.93. The summed E-state index contributed by atoms with van der Waals surface area (Å²) in [5.41, 5.74) is 6.36. The minimum atomic E-state index is -0.434. The topological polar surface area (TPSA) is 84.7 Å². The number of thiophene rings is 1. The molecule has 0 saturated carbocycles. The Morgan fingerprint density at radius 3 is 3.00 bits per heavy atom. The van der Waals surface area contributed by atoms with Gasteiger partial charge in [-0.1, -0.05) is 6.92 Å². The molecule has 6 nitrogen and oxygen atoms in total. The van der Waals surface area contributed by atoms with Crippen LogP contribution in [0.25, 0.3) is 0 Å². The van der Waals surface area contributed by atoms with E-state index in [0.717, 1.165) is 19.4 Å². The Morgan fingerprint density at radius 2 is 2.32 bits per heavy atom. The summed E-state index contributed by atoms with van der Waals surface area (Å²) >= 11 is 1.25. The van der Waals surface area contributed by atoms with Crippen molar-refractivity contribution in [3.05, 3.63) is 16.3 Å². The lowest BCUT2D eigenvalue weighted by Crippen LogP contribution is -2.51. The highest BCUT2D eigenvalue weighted by molar-refractivity contribution is 7.12. The molecule has 0 bridgehead atoms. The summed E-state index contributed by atoms with van der Waals surface area (Å²) < 4.78 is 4.71. The zero-order chi connectivity index (χ0) is 16.1. The molecule has 1 saturated heterocycles. The van der Waals surface area contributed by atoms with Crippen LogP contribution in [0.3, 0.4) is 0 Å². The smallest absolute Gasteiger partial charge is 0.350 e. The highest BCUT2D eigenvalue weighted by Gasteiger charge is 2.28. The van der Waals surface area contributed by atoms with Gasteiger partial charge in [-0.05, 0) is 36.8 Å². The van der Waals surface area contributed by atoms with Crippen LogP contribution in [0, 0.1) is 5.92 Å². The van der Waals surface area contributed by atoms with Crippen molar-refractivity contribution in [1.29, 1.82) is 0 Å². The van der Waals surface area contributed by atoms with Gasteiger partial charge in [0.25, 0.3) is 0 Å². The van der Waals surface area contributed by atoms with Crippen molar-refractivity contribution < 1.29 is 14.3 Å². The molecule has 2 unspecified atom stereocenters. The predicted molar refractivity (Wildman–Crippen MR) is 87.1 cm³/mol. The molecule has 1 aliphatic rings. The maximum Gasteiger partial charge on any atom is 0.350 e. The summed E-state index contributed by atoms with van der Waals surface area (Å²) in [5.74, 6) is -0.0637. The number of hydrogen-bond acceptors (Lipinski definition) is 6. The highest BCUT2D eigenvalue weighted by atomic mass is 32.1. The van der Waals surface area contributed by atoms with Crippen molar-refractivity contribution in [2.45, 2.75) is 25.8 Å². The van der Waals surface area contributed by atoms with Crippen LogP contribution in [0.1, 0.15) is 29.4 Å². The zero-order valence-corrected chi connectivity index (χ0v) is 13.8. The summed E-state index contributed by atoms with van der Waals surface area (Å²) in [6, 6.07) is 1.95. The summed E-state index contributed by atoms with van der Waals surface area (Å²) in [5, 5.41) is 4.56. The number of piperidine rings is 1. The van der Waals surface area contributed by atoms with Gasteiger partial charge in [-0.2, -0.15) is 0 Å². The van der Waals surface area contributed by atoms with Gasteiger partial charge in [-0.25, -0.2) is 4.79 Å². The average molecular weight is 325 g/mol. The number of likely N-dealkylation sites (tertiary alicyclic amines) is 1. The Labute approximate surface area is 134 Å². The maximum absolute atomic E-state index is 12.3. The van der Waals surface area contributed by atoms with Crippen LogP contribution in [0.4, 0.5) is 5.69 Å². The van der Waals surface area contributed by atoms with E-state index in [4.69, 9.17) is 10.5 Å². The first-order valence-corrected chi connectivity index (χ1v) is 8.34. The standard InChI is InChI=1S/C15H23N3O3S/c1-10-4-3-6-18(12(10)8-16)9-13(19)17-11-5-7-22-14(11)15(20)21-2/h5,7,10,12H,3-4,6,8-9,16H2,1-2H3,(H,17,19). The van der Waals surface area contributed by atoms with E-state index in [9.17, 15) is 9.59 Å². The maximum atomic E-state index is 12.3. The number of esters is 1. The first-order valence-electron chi connectivity index (χ1n) is 7.46. The second kappa shape index (κ2) is 7.71. The van der Waals surface area contributed by atoms with Crippen LogP contribution in [-0.4, -0.2) is 49.6 Å². The normalized spacial score (nSPS) is 22.3. The molecule has 2 rings (SSSR count). The van der Waals surface area contributed by atoms with E-state index in [1.165, 1.54) is 18.4 Å². The van der Waals surface area contributed by atoms with Gasteiger partial charge in [0.05, 0.1) is 19.3 Å². The average Bonchev–Trinajstić information content (AvgIpc) is 2.94. The predicted octanol–water partition coefficient (Wildman–Crippen LogP) is 1.53. The minimum Gasteiger partial charge on any atom is -0.465 e. The number of nitrogens with one attached hydrogen (secondary N) is 1. The summed E-state index contributed by atoms with van der Waals surface area (Å²) in [4.78, 5) is 26.4. The number of carbonyl (C=O) groups is 2. The molecule has 0 aliphatic carbocycles. The fourth-order valence-corrected chi connectivity index (χ4v) is 3.71. The molecule has 2 heterocycles. The van der Waals surface area contributed by atoms with E-state index in [0.29, 0.717) is 29.6 Å². The minimum absolute atomic E-state index is 0.129. The molecule has 0 radical (unpaired) electrons. The quantitative estimate of drug-likeness (QED) is 0.802. The molecular formula is C15H23N3O3S. The molecule has 1 aromatic heterocycles. The van der Waals surface area contributed by atoms with Gasteiger partial charge in [0, 0.05) is 12.6 Å². The Bertz CT molecular complexity index is 532. The molecule has 1 fully saturated rings. The van der Waals surface area contributed by atoms with Gasteiger partial charge in [0.2, 0.25) is 5.91 Å².